The summed E-state index contributed by atoms with van der Waals surface area (Å²) < 4.78 is 42.5. The van der Waals surface area contributed by atoms with Crippen molar-refractivity contribution in [2.24, 2.45) is 0 Å². The number of fused-ring (bicyclic) bond motifs is 1. The zero-order chi connectivity index (χ0) is 22.2. The fourth-order valence-corrected chi connectivity index (χ4v) is 3.70. The number of alkyl halides is 3. The van der Waals surface area contributed by atoms with Gasteiger partial charge in [-0.3, -0.25) is 4.79 Å². The van der Waals surface area contributed by atoms with Crippen LogP contribution in [-0.4, -0.2) is 26.2 Å². The first kappa shape index (κ1) is 20.5. The predicted molar refractivity (Wildman–Crippen MR) is 109 cm³/mol. The number of benzene rings is 2. The molecule has 2 aromatic heterocycles. The summed E-state index contributed by atoms with van der Waals surface area (Å²) in [6, 6.07) is 17.3. The molecule has 0 spiro atoms. The van der Waals surface area contributed by atoms with E-state index in [4.69, 9.17) is 0 Å². The van der Waals surface area contributed by atoms with Gasteiger partial charge < -0.3 is 10.3 Å². The van der Waals surface area contributed by atoms with Gasteiger partial charge in [-0.25, -0.2) is 4.98 Å². The largest absolute Gasteiger partial charge is 0.506 e. The summed E-state index contributed by atoms with van der Waals surface area (Å²) in [6.07, 6.45) is -3.96. The fourth-order valence-electron chi connectivity index (χ4n) is 3.70. The molecule has 31 heavy (non-hydrogen) atoms. The highest BCUT2D eigenvalue weighted by Gasteiger charge is 2.42. The molecule has 0 radical (unpaired) electrons. The number of halogens is 3. The molecule has 1 atom stereocenters. The number of hydrogen-bond acceptors (Lipinski definition) is 4. The number of nitrogens with zero attached hydrogens (tertiary/aromatic N) is 2. The summed E-state index contributed by atoms with van der Waals surface area (Å²) in [7, 11) is 0. The monoisotopic (exact) mass is 426 g/mol. The van der Waals surface area contributed by atoms with Gasteiger partial charge in [0.05, 0.1) is 16.9 Å². The second kappa shape index (κ2) is 7.79. The van der Waals surface area contributed by atoms with Crippen molar-refractivity contribution in [3.05, 3.63) is 94.4 Å². The zero-order valence-corrected chi connectivity index (χ0v) is 16.0. The van der Waals surface area contributed by atoms with Crippen LogP contribution in [0.1, 0.15) is 17.0 Å². The minimum absolute atomic E-state index is 0.177. The van der Waals surface area contributed by atoms with E-state index in [1.165, 1.54) is 12.1 Å². The summed E-state index contributed by atoms with van der Waals surface area (Å²) in [4.78, 5) is 16.5. The molecule has 8 heteroatoms. The minimum atomic E-state index is -4.65. The molecule has 0 saturated carbocycles. The van der Waals surface area contributed by atoms with Gasteiger partial charge >= 0.3 is 6.18 Å². The van der Waals surface area contributed by atoms with Crippen LogP contribution in [0, 0.1) is 0 Å². The predicted octanol–water partition coefficient (Wildman–Crippen LogP) is 4.90. The van der Waals surface area contributed by atoms with Crippen molar-refractivity contribution in [2.45, 2.75) is 18.5 Å². The summed E-state index contributed by atoms with van der Waals surface area (Å²) in [5, 5.41) is 21.0. The third-order valence-electron chi connectivity index (χ3n) is 5.16. The van der Waals surface area contributed by atoms with E-state index < -0.39 is 29.1 Å². The molecule has 158 valence electrons. The van der Waals surface area contributed by atoms with E-state index >= 15 is 0 Å². The maximum atomic E-state index is 14.1. The molecule has 0 aliphatic carbocycles. The number of pyridine rings is 2. The van der Waals surface area contributed by atoms with Gasteiger partial charge in [0.15, 0.2) is 5.65 Å². The third kappa shape index (κ3) is 3.72. The van der Waals surface area contributed by atoms with Gasteiger partial charge in [0, 0.05) is 6.20 Å². The standard InChI is InChI=1S/C23H17F3N2O3/c24-23(25,26)17(13-14-7-3-1-4-8-14)16-11-12-27-21-19(16)20(29)18(22(30)28(21)31)15-9-5-2-6-10-15/h1-12,17,29,31H,13H2. The Morgan fingerprint density at radius 1 is 0.968 bits per heavy atom. The van der Waals surface area contributed by atoms with E-state index in [9.17, 15) is 28.3 Å². The lowest BCUT2D eigenvalue weighted by molar-refractivity contribution is -0.150. The van der Waals surface area contributed by atoms with E-state index in [0.717, 1.165) is 12.3 Å². The summed E-state index contributed by atoms with van der Waals surface area (Å²) in [5.74, 6) is -2.64. The van der Waals surface area contributed by atoms with Crippen molar-refractivity contribution in [1.29, 1.82) is 0 Å². The maximum absolute atomic E-state index is 14.1. The lowest BCUT2D eigenvalue weighted by Crippen LogP contribution is -2.25. The Morgan fingerprint density at radius 2 is 1.58 bits per heavy atom. The van der Waals surface area contributed by atoms with E-state index in [2.05, 4.69) is 4.98 Å². The lowest BCUT2D eigenvalue weighted by Gasteiger charge is -2.23. The second-order valence-electron chi connectivity index (χ2n) is 7.09. The Balaban J connectivity index is 2.02. The quantitative estimate of drug-likeness (QED) is 0.456. The highest BCUT2D eigenvalue weighted by atomic mass is 19.4. The molecule has 0 amide bonds. The highest BCUT2D eigenvalue weighted by molar-refractivity contribution is 5.92. The van der Waals surface area contributed by atoms with Crippen LogP contribution in [-0.2, 0) is 6.42 Å². The van der Waals surface area contributed by atoms with Crippen LogP contribution >= 0.6 is 0 Å². The smallest absolute Gasteiger partial charge is 0.396 e. The number of aromatic nitrogens is 2. The van der Waals surface area contributed by atoms with E-state index in [0.29, 0.717) is 5.56 Å². The van der Waals surface area contributed by atoms with Gasteiger partial charge in [-0.05, 0) is 29.2 Å². The lowest BCUT2D eigenvalue weighted by atomic mass is 9.88. The normalized spacial score (nSPS) is 12.7. The van der Waals surface area contributed by atoms with Crippen molar-refractivity contribution in [3.8, 4) is 16.9 Å². The third-order valence-corrected chi connectivity index (χ3v) is 5.16. The number of rotatable bonds is 4. The van der Waals surface area contributed by atoms with Crippen molar-refractivity contribution >= 4 is 11.0 Å². The van der Waals surface area contributed by atoms with Crippen LogP contribution in [0.15, 0.2) is 77.7 Å². The molecule has 0 fully saturated rings. The molecule has 2 N–H and O–H groups in total. The second-order valence-corrected chi connectivity index (χ2v) is 7.09. The van der Waals surface area contributed by atoms with E-state index in [1.54, 1.807) is 48.5 Å². The highest BCUT2D eigenvalue weighted by Crippen LogP contribution is 2.43. The molecule has 2 aromatic carbocycles. The molecule has 4 rings (SSSR count). The van der Waals surface area contributed by atoms with Gasteiger partial charge in [-0.15, -0.1) is 4.73 Å². The molecule has 0 aliphatic heterocycles. The SMILES string of the molecule is O=c1c(-c2ccccc2)c(O)c2c(C(Cc3ccccc3)C(F)(F)F)ccnc2n1O. The Bertz CT molecular complexity index is 1290. The van der Waals surface area contributed by atoms with Gasteiger partial charge in [-0.1, -0.05) is 60.7 Å². The summed E-state index contributed by atoms with van der Waals surface area (Å²) in [5.41, 5.74) is -1.29. The molecule has 2 heterocycles. The minimum Gasteiger partial charge on any atom is -0.506 e. The average Bonchev–Trinajstić information content (AvgIpc) is 2.76. The van der Waals surface area contributed by atoms with E-state index in [1.807, 2.05) is 0 Å². The summed E-state index contributed by atoms with van der Waals surface area (Å²) >= 11 is 0. The van der Waals surface area contributed by atoms with Crippen LogP contribution < -0.4 is 5.56 Å². The first-order valence-corrected chi connectivity index (χ1v) is 9.41. The fraction of sp³-hybridized carbons (Fsp3) is 0.130. The first-order valence-electron chi connectivity index (χ1n) is 9.41. The van der Waals surface area contributed by atoms with E-state index in [-0.39, 0.29) is 33.2 Å². The zero-order valence-electron chi connectivity index (χ0n) is 16.0. The molecule has 0 saturated heterocycles. The first-order chi connectivity index (χ1) is 14.8. The molecule has 4 aromatic rings. The number of aromatic hydroxyl groups is 1. The topological polar surface area (TPSA) is 75.3 Å². The summed E-state index contributed by atoms with van der Waals surface area (Å²) in [6.45, 7) is 0. The average molecular weight is 426 g/mol. The Hall–Kier alpha value is -3.81. The van der Waals surface area contributed by atoms with Crippen molar-refractivity contribution in [2.75, 3.05) is 0 Å². The van der Waals surface area contributed by atoms with Gasteiger partial charge in [-0.2, -0.15) is 13.2 Å². The van der Waals surface area contributed by atoms with Crippen LogP contribution in [0.2, 0.25) is 0 Å². The molecule has 0 bridgehead atoms. The van der Waals surface area contributed by atoms with Crippen LogP contribution in [0.25, 0.3) is 22.2 Å². The molecular formula is C23H17F3N2O3. The Labute approximate surface area is 174 Å². The van der Waals surface area contributed by atoms with Gasteiger partial charge in [0.25, 0.3) is 5.56 Å². The van der Waals surface area contributed by atoms with Crippen LogP contribution in [0.3, 0.4) is 0 Å². The molecule has 5 nitrogen and oxygen atoms in total. The van der Waals surface area contributed by atoms with Gasteiger partial charge in [0.2, 0.25) is 0 Å². The molecular weight excluding hydrogens is 409 g/mol. The Kier molecular flexibility index (Phi) is 5.14. The van der Waals surface area contributed by atoms with Crippen LogP contribution in [0.4, 0.5) is 13.2 Å². The van der Waals surface area contributed by atoms with Crippen LogP contribution in [0.5, 0.6) is 5.75 Å². The maximum Gasteiger partial charge on any atom is 0.396 e. The van der Waals surface area contributed by atoms with Crippen molar-refractivity contribution in [3.63, 3.8) is 0 Å². The Morgan fingerprint density at radius 3 is 2.19 bits per heavy atom. The van der Waals surface area contributed by atoms with Gasteiger partial charge in [0.1, 0.15) is 5.75 Å². The molecule has 0 aliphatic rings. The number of hydrogen-bond donors (Lipinski definition) is 2. The van der Waals surface area contributed by atoms with Crippen molar-refractivity contribution in [1.82, 2.24) is 9.71 Å². The molecule has 1 unspecified atom stereocenters. The van der Waals surface area contributed by atoms with Crippen molar-refractivity contribution < 1.29 is 23.5 Å².